The second-order valence-electron chi connectivity index (χ2n) is 4.35. The molecule has 20 heavy (non-hydrogen) atoms. The summed E-state index contributed by atoms with van der Waals surface area (Å²) in [4.78, 5) is 0. The van der Waals surface area contributed by atoms with E-state index in [4.69, 9.17) is 10.5 Å². The molecule has 0 aromatic heterocycles. The van der Waals surface area contributed by atoms with Crippen LogP contribution in [0.2, 0.25) is 0 Å². The molecule has 2 aromatic rings. The van der Waals surface area contributed by atoms with E-state index in [0.717, 1.165) is 18.1 Å². The molecule has 0 fully saturated rings. The molecule has 106 valence electrons. The van der Waals surface area contributed by atoms with Crippen molar-refractivity contribution < 1.29 is 17.9 Å². The van der Waals surface area contributed by atoms with Crippen LogP contribution in [0.3, 0.4) is 0 Å². The number of nitrogen functional groups attached to an aromatic ring is 1. The minimum atomic E-state index is -4.51. The van der Waals surface area contributed by atoms with Crippen LogP contribution in [0.5, 0.6) is 11.5 Å². The Morgan fingerprint density at radius 2 is 1.70 bits per heavy atom. The third kappa shape index (κ3) is 3.23. The maximum Gasteiger partial charge on any atom is 0.420 e. The third-order valence-electron chi connectivity index (χ3n) is 2.87. The molecule has 0 unspecified atom stereocenters. The summed E-state index contributed by atoms with van der Waals surface area (Å²) >= 11 is 0. The number of halogens is 3. The molecule has 0 aliphatic carbocycles. The second-order valence-corrected chi connectivity index (χ2v) is 4.35. The number of aryl methyl sites for hydroxylation is 1. The third-order valence-corrected chi connectivity index (χ3v) is 2.87. The highest BCUT2D eigenvalue weighted by atomic mass is 19.4. The molecule has 0 aliphatic rings. The molecule has 0 aliphatic heterocycles. The van der Waals surface area contributed by atoms with Gasteiger partial charge in [-0.3, -0.25) is 0 Å². The van der Waals surface area contributed by atoms with Gasteiger partial charge in [0.15, 0.2) is 0 Å². The summed E-state index contributed by atoms with van der Waals surface area (Å²) in [5, 5.41) is 0. The highest BCUT2D eigenvalue weighted by molar-refractivity contribution is 5.50. The molecule has 0 radical (unpaired) electrons. The lowest BCUT2D eigenvalue weighted by Gasteiger charge is -2.14. The molecular weight excluding hydrogens is 267 g/mol. The lowest BCUT2D eigenvalue weighted by Crippen LogP contribution is -2.08. The lowest BCUT2D eigenvalue weighted by atomic mass is 10.1. The molecule has 2 N–H and O–H groups in total. The first-order valence-corrected chi connectivity index (χ1v) is 6.13. The normalized spacial score (nSPS) is 11.4. The Hall–Kier alpha value is -2.17. The minimum Gasteiger partial charge on any atom is -0.457 e. The van der Waals surface area contributed by atoms with Gasteiger partial charge >= 0.3 is 6.18 Å². The van der Waals surface area contributed by atoms with E-state index < -0.39 is 11.7 Å². The van der Waals surface area contributed by atoms with Crippen LogP contribution in [0.25, 0.3) is 0 Å². The first kappa shape index (κ1) is 14.2. The summed E-state index contributed by atoms with van der Waals surface area (Å²) in [6.45, 7) is 2.00. The highest BCUT2D eigenvalue weighted by Crippen LogP contribution is 2.39. The van der Waals surface area contributed by atoms with Crippen molar-refractivity contribution >= 4 is 5.69 Å². The summed E-state index contributed by atoms with van der Waals surface area (Å²) in [6, 6.07) is 10.4. The van der Waals surface area contributed by atoms with Crippen LogP contribution in [-0.4, -0.2) is 0 Å². The molecule has 2 rings (SSSR count). The Labute approximate surface area is 115 Å². The minimum absolute atomic E-state index is 0.0472. The van der Waals surface area contributed by atoms with Crippen molar-refractivity contribution in [1.29, 1.82) is 0 Å². The van der Waals surface area contributed by atoms with E-state index in [9.17, 15) is 13.2 Å². The van der Waals surface area contributed by atoms with E-state index >= 15 is 0 Å². The smallest absolute Gasteiger partial charge is 0.420 e. The number of hydrogen-bond donors (Lipinski definition) is 1. The van der Waals surface area contributed by atoms with E-state index in [0.29, 0.717) is 5.75 Å². The molecular formula is C15H14F3NO. The van der Waals surface area contributed by atoms with Crippen LogP contribution in [0, 0.1) is 0 Å². The first-order valence-electron chi connectivity index (χ1n) is 6.13. The average molecular weight is 281 g/mol. The van der Waals surface area contributed by atoms with Crippen LogP contribution < -0.4 is 10.5 Å². The molecule has 0 spiro atoms. The Balaban J connectivity index is 2.32. The monoisotopic (exact) mass is 281 g/mol. The van der Waals surface area contributed by atoms with E-state index in [-0.39, 0.29) is 11.4 Å². The van der Waals surface area contributed by atoms with Crippen LogP contribution in [-0.2, 0) is 12.6 Å². The fourth-order valence-electron chi connectivity index (χ4n) is 1.78. The van der Waals surface area contributed by atoms with Crippen LogP contribution >= 0.6 is 0 Å². The van der Waals surface area contributed by atoms with Crippen molar-refractivity contribution in [3.63, 3.8) is 0 Å². The summed E-state index contributed by atoms with van der Waals surface area (Å²) in [5.74, 6) is 0.105. The molecule has 2 aromatic carbocycles. The molecule has 0 heterocycles. The molecule has 0 amide bonds. The number of alkyl halides is 3. The molecule has 0 bridgehead atoms. The quantitative estimate of drug-likeness (QED) is 0.832. The Morgan fingerprint density at radius 1 is 1.05 bits per heavy atom. The SMILES string of the molecule is CCc1ccc(Oc2ccc(N)cc2C(F)(F)F)cc1. The predicted octanol–water partition coefficient (Wildman–Crippen LogP) is 4.64. The highest BCUT2D eigenvalue weighted by Gasteiger charge is 2.34. The molecule has 0 saturated heterocycles. The number of ether oxygens (including phenoxy) is 1. The molecule has 0 atom stereocenters. The number of nitrogens with two attached hydrogens (primary N) is 1. The van der Waals surface area contributed by atoms with Gasteiger partial charge in [0.1, 0.15) is 17.1 Å². The average Bonchev–Trinajstić information content (AvgIpc) is 2.40. The number of benzene rings is 2. The Bertz CT molecular complexity index is 591. The maximum absolute atomic E-state index is 12.9. The van der Waals surface area contributed by atoms with Crippen molar-refractivity contribution in [2.24, 2.45) is 0 Å². The first-order chi connectivity index (χ1) is 9.40. The van der Waals surface area contributed by atoms with Crippen molar-refractivity contribution in [2.75, 3.05) is 5.73 Å². The fourth-order valence-corrected chi connectivity index (χ4v) is 1.78. The Kier molecular flexibility index (Phi) is 3.88. The maximum atomic E-state index is 12.9. The fraction of sp³-hybridized carbons (Fsp3) is 0.200. The number of anilines is 1. The molecule has 0 saturated carbocycles. The molecule has 2 nitrogen and oxygen atoms in total. The van der Waals surface area contributed by atoms with Gasteiger partial charge in [0.2, 0.25) is 0 Å². The van der Waals surface area contributed by atoms with Gasteiger partial charge in [0.25, 0.3) is 0 Å². The second kappa shape index (κ2) is 5.45. The van der Waals surface area contributed by atoms with Crippen molar-refractivity contribution in [3.8, 4) is 11.5 Å². The zero-order chi connectivity index (χ0) is 14.8. The summed E-state index contributed by atoms with van der Waals surface area (Å²) in [7, 11) is 0. The van der Waals surface area contributed by atoms with Gasteiger partial charge in [0.05, 0.1) is 0 Å². The van der Waals surface area contributed by atoms with Crippen molar-refractivity contribution in [2.45, 2.75) is 19.5 Å². The summed E-state index contributed by atoms with van der Waals surface area (Å²) < 4.78 is 44.1. The number of rotatable bonds is 3. The zero-order valence-electron chi connectivity index (χ0n) is 10.9. The van der Waals surface area contributed by atoms with Crippen molar-refractivity contribution in [1.82, 2.24) is 0 Å². The lowest BCUT2D eigenvalue weighted by molar-refractivity contribution is -0.138. The van der Waals surface area contributed by atoms with E-state index in [2.05, 4.69) is 0 Å². The van der Waals surface area contributed by atoms with Gasteiger partial charge in [-0.1, -0.05) is 19.1 Å². The predicted molar refractivity (Wildman–Crippen MR) is 71.8 cm³/mol. The van der Waals surface area contributed by atoms with Crippen LogP contribution in [0.15, 0.2) is 42.5 Å². The van der Waals surface area contributed by atoms with Crippen LogP contribution in [0.4, 0.5) is 18.9 Å². The topological polar surface area (TPSA) is 35.2 Å². The van der Waals surface area contributed by atoms with Crippen molar-refractivity contribution in [3.05, 3.63) is 53.6 Å². The van der Waals surface area contributed by atoms with E-state index in [1.54, 1.807) is 12.1 Å². The van der Waals surface area contributed by atoms with E-state index in [1.807, 2.05) is 19.1 Å². The van der Waals surface area contributed by atoms with Gasteiger partial charge in [-0.15, -0.1) is 0 Å². The van der Waals surface area contributed by atoms with Gasteiger partial charge in [-0.05, 0) is 42.3 Å². The largest absolute Gasteiger partial charge is 0.457 e. The van der Waals surface area contributed by atoms with Gasteiger partial charge in [-0.25, -0.2) is 0 Å². The Morgan fingerprint density at radius 3 is 2.25 bits per heavy atom. The summed E-state index contributed by atoms with van der Waals surface area (Å²) in [6.07, 6.45) is -3.65. The van der Waals surface area contributed by atoms with Gasteiger partial charge < -0.3 is 10.5 Å². The van der Waals surface area contributed by atoms with Crippen LogP contribution in [0.1, 0.15) is 18.1 Å². The standard InChI is InChI=1S/C15H14F3NO/c1-2-10-3-6-12(7-4-10)20-14-8-5-11(19)9-13(14)15(16,17)18/h3-9H,2,19H2,1H3. The van der Waals surface area contributed by atoms with Gasteiger partial charge in [-0.2, -0.15) is 13.2 Å². The summed E-state index contributed by atoms with van der Waals surface area (Å²) in [5.41, 5.74) is 5.66. The van der Waals surface area contributed by atoms with E-state index in [1.165, 1.54) is 12.1 Å². The molecule has 5 heteroatoms. The van der Waals surface area contributed by atoms with Gasteiger partial charge in [0, 0.05) is 5.69 Å². The number of hydrogen-bond acceptors (Lipinski definition) is 2. The zero-order valence-corrected chi connectivity index (χ0v) is 10.9.